The Labute approximate surface area is 150 Å². The molecule has 5 nitrogen and oxygen atoms in total. The van der Waals surface area contributed by atoms with Crippen LogP contribution >= 0.6 is 23.2 Å². The predicted octanol–water partition coefficient (Wildman–Crippen LogP) is 4.39. The molecule has 0 radical (unpaired) electrons. The SMILES string of the molecule is CCCN(CC(=O)Nc1cc(Cl)ccc1Cl)C(=O)c1occc1C. The first kappa shape index (κ1) is 18.4. The van der Waals surface area contributed by atoms with E-state index in [-0.39, 0.29) is 24.1 Å². The van der Waals surface area contributed by atoms with Crippen LogP contribution in [0.4, 0.5) is 5.69 Å². The molecule has 0 saturated carbocycles. The number of nitrogens with one attached hydrogen (secondary N) is 1. The fourth-order valence-corrected chi connectivity index (χ4v) is 2.55. The summed E-state index contributed by atoms with van der Waals surface area (Å²) >= 11 is 11.9. The summed E-state index contributed by atoms with van der Waals surface area (Å²) in [6.07, 6.45) is 2.18. The summed E-state index contributed by atoms with van der Waals surface area (Å²) in [5, 5.41) is 3.51. The molecule has 0 aliphatic rings. The maximum atomic E-state index is 12.5. The van der Waals surface area contributed by atoms with Crippen LogP contribution in [0.1, 0.15) is 29.5 Å². The first-order valence-electron chi connectivity index (χ1n) is 7.50. The molecule has 2 amide bonds. The lowest BCUT2D eigenvalue weighted by atomic mass is 10.2. The molecular weight excluding hydrogens is 351 g/mol. The Morgan fingerprint density at radius 2 is 2.00 bits per heavy atom. The first-order valence-corrected chi connectivity index (χ1v) is 8.26. The summed E-state index contributed by atoms with van der Waals surface area (Å²) in [6, 6.07) is 6.50. The molecule has 128 valence electrons. The van der Waals surface area contributed by atoms with E-state index in [1.807, 2.05) is 6.92 Å². The molecule has 7 heteroatoms. The van der Waals surface area contributed by atoms with Crippen molar-refractivity contribution in [2.75, 3.05) is 18.4 Å². The summed E-state index contributed by atoms with van der Waals surface area (Å²) in [5.41, 5.74) is 1.15. The zero-order valence-electron chi connectivity index (χ0n) is 13.4. The van der Waals surface area contributed by atoms with Crippen LogP contribution in [0.25, 0.3) is 0 Å². The number of nitrogens with zero attached hydrogens (tertiary/aromatic N) is 1. The highest BCUT2D eigenvalue weighted by atomic mass is 35.5. The molecule has 0 spiro atoms. The molecule has 0 atom stereocenters. The first-order chi connectivity index (χ1) is 11.4. The third kappa shape index (κ3) is 4.52. The highest BCUT2D eigenvalue weighted by molar-refractivity contribution is 6.35. The molecule has 2 aromatic rings. The van der Waals surface area contributed by atoms with Crippen LogP contribution in [0.3, 0.4) is 0 Å². The normalized spacial score (nSPS) is 10.5. The van der Waals surface area contributed by atoms with Crippen molar-refractivity contribution in [3.63, 3.8) is 0 Å². The van der Waals surface area contributed by atoms with E-state index < -0.39 is 0 Å². The van der Waals surface area contributed by atoms with E-state index >= 15 is 0 Å². The third-order valence-corrected chi connectivity index (χ3v) is 3.94. The van der Waals surface area contributed by atoms with Crippen molar-refractivity contribution in [3.05, 3.63) is 51.9 Å². The average molecular weight is 369 g/mol. The van der Waals surface area contributed by atoms with Crippen molar-refractivity contribution >= 4 is 40.7 Å². The molecule has 1 aromatic heterocycles. The van der Waals surface area contributed by atoms with Gasteiger partial charge in [0, 0.05) is 17.1 Å². The van der Waals surface area contributed by atoms with E-state index in [2.05, 4.69) is 5.32 Å². The van der Waals surface area contributed by atoms with Gasteiger partial charge in [-0.05, 0) is 37.6 Å². The minimum Gasteiger partial charge on any atom is -0.459 e. The molecular formula is C17H18Cl2N2O3. The standard InChI is InChI=1S/C17H18Cl2N2O3/c1-3-7-21(17(23)16-11(2)6-8-24-16)10-15(22)20-14-9-12(18)4-5-13(14)19/h4-6,8-9H,3,7,10H2,1-2H3,(H,20,22). The number of carbonyl (C=O) groups is 2. The highest BCUT2D eigenvalue weighted by Gasteiger charge is 2.22. The number of carbonyl (C=O) groups excluding carboxylic acids is 2. The number of anilines is 1. The average Bonchev–Trinajstić information content (AvgIpc) is 2.96. The molecule has 0 aliphatic carbocycles. The number of aryl methyl sites for hydroxylation is 1. The van der Waals surface area contributed by atoms with E-state index in [0.29, 0.717) is 22.3 Å². The Bertz CT molecular complexity index is 743. The molecule has 0 bridgehead atoms. The maximum absolute atomic E-state index is 12.5. The zero-order valence-corrected chi connectivity index (χ0v) is 14.9. The van der Waals surface area contributed by atoms with Crippen LogP contribution < -0.4 is 5.32 Å². The number of hydrogen-bond donors (Lipinski definition) is 1. The van der Waals surface area contributed by atoms with Crippen LogP contribution in [-0.4, -0.2) is 29.8 Å². The number of rotatable bonds is 6. The van der Waals surface area contributed by atoms with E-state index in [1.165, 1.54) is 11.2 Å². The fraction of sp³-hybridized carbons (Fsp3) is 0.294. The predicted molar refractivity (Wildman–Crippen MR) is 94.7 cm³/mol. The van der Waals surface area contributed by atoms with Crippen molar-refractivity contribution in [2.45, 2.75) is 20.3 Å². The van der Waals surface area contributed by atoms with Crippen molar-refractivity contribution in [3.8, 4) is 0 Å². The van der Waals surface area contributed by atoms with Gasteiger partial charge in [-0.2, -0.15) is 0 Å². The van der Waals surface area contributed by atoms with E-state index in [1.54, 1.807) is 31.2 Å². The van der Waals surface area contributed by atoms with E-state index in [9.17, 15) is 9.59 Å². The lowest BCUT2D eigenvalue weighted by Gasteiger charge is -2.21. The summed E-state index contributed by atoms with van der Waals surface area (Å²) in [7, 11) is 0. The van der Waals surface area contributed by atoms with Crippen LogP contribution in [0.15, 0.2) is 34.9 Å². The second-order valence-electron chi connectivity index (χ2n) is 5.33. The van der Waals surface area contributed by atoms with Gasteiger partial charge < -0.3 is 14.6 Å². The summed E-state index contributed by atoms with van der Waals surface area (Å²) < 4.78 is 5.23. The smallest absolute Gasteiger partial charge is 0.290 e. The van der Waals surface area contributed by atoms with Gasteiger partial charge in [-0.3, -0.25) is 9.59 Å². The monoisotopic (exact) mass is 368 g/mol. The van der Waals surface area contributed by atoms with Gasteiger partial charge in [-0.1, -0.05) is 30.1 Å². The van der Waals surface area contributed by atoms with Gasteiger partial charge in [0.1, 0.15) is 6.54 Å². The lowest BCUT2D eigenvalue weighted by molar-refractivity contribution is -0.116. The Morgan fingerprint density at radius 1 is 1.25 bits per heavy atom. The highest BCUT2D eigenvalue weighted by Crippen LogP contribution is 2.25. The molecule has 0 aliphatic heterocycles. The Hall–Kier alpha value is -1.98. The van der Waals surface area contributed by atoms with Crippen LogP contribution in [-0.2, 0) is 4.79 Å². The van der Waals surface area contributed by atoms with Gasteiger partial charge in [0.05, 0.1) is 17.0 Å². The number of halogens is 2. The molecule has 0 fully saturated rings. The minimum absolute atomic E-state index is 0.102. The van der Waals surface area contributed by atoms with Gasteiger partial charge in [-0.25, -0.2) is 0 Å². The quantitative estimate of drug-likeness (QED) is 0.822. The van der Waals surface area contributed by atoms with Crippen molar-refractivity contribution in [1.82, 2.24) is 4.90 Å². The van der Waals surface area contributed by atoms with E-state index in [0.717, 1.165) is 12.0 Å². The van der Waals surface area contributed by atoms with E-state index in [4.69, 9.17) is 27.6 Å². The molecule has 0 unspecified atom stereocenters. The topological polar surface area (TPSA) is 62.6 Å². The molecule has 24 heavy (non-hydrogen) atoms. The van der Waals surface area contributed by atoms with Crippen molar-refractivity contribution < 1.29 is 14.0 Å². The summed E-state index contributed by atoms with van der Waals surface area (Å²) in [4.78, 5) is 26.3. The summed E-state index contributed by atoms with van der Waals surface area (Å²) in [6.45, 7) is 4.05. The van der Waals surface area contributed by atoms with Gasteiger partial charge >= 0.3 is 0 Å². The van der Waals surface area contributed by atoms with Crippen molar-refractivity contribution in [2.24, 2.45) is 0 Å². The third-order valence-electron chi connectivity index (χ3n) is 3.37. The molecule has 1 heterocycles. The Kier molecular flexibility index (Phi) is 6.29. The zero-order chi connectivity index (χ0) is 17.7. The summed E-state index contributed by atoms with van der Waals surface area (Å²) in [5.74, 6) is -0.422. The molecule has 1 aromatic carbocycles. The Morgan fingerprint density at radius 3 is 2.62 bits per heavy atom. The van der Waals surface area contributed by atoms with Gasteiger partial charge in [0.25, 0.3) is 5.91 Å². The van der Waals surface area contributed by atoms with Crippen LogP contribution in [0.2, 0.25) is 10.0 Å². The molecule has 0 saturated heterocycles. The fourth-order valence-electron chi connectivity index (χ4n) is 2.21. The van der Waals surface area contributed by atoms with Crippen LogP contribution in [0, 0.1) is 6.92 Å². The largest absolute Gasteiger partial charge is 0.459 e. The lowest BCUT2D eigenvalue weighted by Crippen LogP contribution is -2.38. The second-order valence-corrected chi connectivity index (χ2v) is 6.18. The Balaban J connectivity index is 2.09. The van der Waals surface area contributed by atoms with Gasteiger partial charge in [0.15, 0.2) is 5.76 Å². The van der Waals surface area contributed by atoms with Crippen molar-refractivity contribution in [1.29, 1.82) is 0 Å². The number of furan rings is 1. The number of amides is 2. The molecule has 2 rings (SSSR count). The second kappa shape index (κ2) is 8.22. The minimum atomic E-state index is -0.356. The van der Waals surface area contributed by atoms with Gasteiger partial charge in [0.2, 0.25) is 5.91 Å². The number of benzene rings is 1. The maximum Gasteiger partial charge on any atom is 0.290 e. The number of hydrogen-bond acceptors (Lipinski definition) is 3. The van der Waals surface area contributed by atoms with Gasteiger partial charge in [-0.15, -0.1) is 0 Å². The van der Waals surface area contributed by atoms with Crippen LogP contribution in [0.5, 0.6) is 0 Å². The molecule has 1 N–H and O–H groups in total.